The zero-order chi connectivity index (χ0) is 11.3. The minimum absolute atomic E-state index is 0. The zero-order valence-corrected chi connectivity index (χ0v) is 8.93. The van der Waals surface area contributed by atoms with E-state index in [0.29, 0.717) is 0 Å². The summed E-state index contributed by atoms with van der Waals surface area (Å²) in [5.74, 6) is 1.08. The molecule has 0 amide bonds. The van der Waals surface area contributed by atoms with E-state index in [1.165, 1.54) is 12.0 Å². The summed E-state index contributed by atoms with van der Waals surface area (Å²) >= 11 is 0. The van der Waals surface area contributed by atoms with Gasteiger partial charge in [0.25, 0.3) is 0 Å². The van der Waals surface area contributed by atoms with Crippen molar-refractivity contribution in [3.8, 4) is 5.75 Å². The van der Waals surface area contributed by atoms with Gasteiger partial charge < -0.3 is 19.4 Å². The third-order valence-electron chi connectivity index (χ3n) is 1.82. The van der Waals surface area contributed by atoms with Crippen LogP contribution in [0.15, 0.2) is 24.3 Å². The van der Waals surface area contributed by atoms with Gasteiger partial charge in [-0.15, -0.1) is 0 Å². The van der Waals surface area contributed by atoms with Gasteiger partial charge in [-0.3, -0.25) is 0 Å². The molecule has 16 heavy (non-hydrogen) atoms. The fourth-order valence-corrected chi connectivity index (χ4v) is 1.30. The first kappa shape index (κ1) is 16.8. The Labute approximate surface area is 136 Å². The van der Waals surface area contributed by atoms with Crippen LogP contribution in [0, 0.1) is 0 Å². The van der Waals surface area contributed by atoms with Crippen LogP contribution in [0.3, 0.4) is 0 Å². The predicted molar refractivity (Wildman–Crippen MR) is 61.7 cm³/mol. The van der Waals surface area contributed by atoms with E-state index in [1.807, 2.05) is 12.1 Å². The first-order chi connectivity index (χ1) is 6.97. The van der Waals surface area contributed by atoms with E-state index in [-0.39, 0.29) is 51.4 Å². The SMILES string of the molecule is O=P(O)(O)O.[KH].c1ccc2c(c1)CCCO2. The minimum atomic E-state index is -4.64. The number of phosphoric acid groups is 1. The van der Waals surface area contributed by atoms with Crippen molar-refractivity contribution in [3.05, 3.63) is 29.8 Å². The van der Waals surface area contributed by atoms with Gasteiger partial charge >= 0.3 is 59.2 Å². The molecule has 3 N–H and O–H groups in total. The molecule has 0 aromatic heterocycles. The van der Waals surface area contributed by atoms with Gasteiger partial charge in [-0.1, -0.05) is 18.2 Å². The molecule has 7 heteroatoms. The second-order valence-electron chi connectivity index (χ2n) is 3.07. The molecule has 86 valence electrons. The van der Waals surface area contributed by atoms with Gasteiger partial charge in [0.2, 0.25) is 0 Å². The molecule has 1 aliphatic heterocycles. The largest absolute Gasteiger partial charge is 0.493 e. The maximum atomic E-state index is 8.88. The smallest absolute Gasteiger partial charge is 0.122 e. The average Bonchev–Trinajstić information content (AvgIpc) is 2.16. The Balaban J connectivity index is 0.000000330. The van der Waals surface area contributed by atoms with Crippen LogP contribution >= 0.6 is 7.82 Å². The van der Waals surface area contributed by atoms with Crippen LogP contribution in [-0.2, 0) is 11.0 Å². The van der Waals surface area contributed by atoms with E-state index in [4.69, 9.17) is 24.0 Å². The molecule has 5 nitrogen and oxygen atoms in total. The Morgan fingerprint density at radius 3 is 2.31 bits per heavy atom. The van der Waals surface area contributed by atoms with E-state index in [9.17, 15) is 0 Å². The molecular formula is C9H14KO5P. The molecule has 0 aliphatic carbocycles. The van der Waals surface area contributed by atoms with Crippen molar-refractivity contribution in [1.29, 1.82) is 0 Å². The number of ether oxygens (including phenoxy) is 1. The maximum Gasteiger partial charge on any atom is 0.122 e. The molecule has 0 saturated heterocycles. The number of benzene rings is 1. The second-order valence-corrected chi connectivity index (χ2v) is 4.10. The Morgan fingerprint density at radius 1 is 1.19 bits per heavy atom. The van der Waals surface area contributed by atoms with Crippen LogP contribution in [0.25, 0.3) is 0 Å². The van der Waals surface area contributed by atoms with E-state index >= 15 is 0 Å². The van der Waals surface area contributed by atoms with Crippen LogP contribution in [0.4, 0.5) is 0 Å². The monoisotopic (exact) mass is 272 g/mol. The van der Waals surface area contributed by atoms with Crippen LogP contribution in [0.1, 0.15) is 12.0 Å². The van der Waals surface area contributed by atoms with Crippen molar-refractivity contribution < 1.29 is 24.0 Å². The molecule has 1 heterocycles. The number of hydrogen-bond donors (Lipinski definition) is 3. The van der Waals surface area contributed by atoms with Crippen molar-refractivity contribution >= 4 is 59.2 Å². The van der Waals surface area contributed by atoms with Gasteiger partial charge in [-0.05, 0) is 24.5 Å². The summed E-state index contributed by atoms with van der Waals surface area (Å²) in [5.41, 5.74) is 1.36. The summed E-state index contributed by atoms with van der Waals surface area (Å²) in [7, 11) is -4.64. The number of aryl methyl sites for hydroxylation is 1. The van der Waals surface area contributed by atoms with Crippen LogP contribution in [0.5, 0.6) is 5.75 Å². The summed E-state index contributed by atoms with van der Waals surface area (Å²) in [4.78, 5) is 21.6. The normalized spacial score (nSPS) is 13.4. The van der Waals surface area contributed by atoms with Crippen molar-refractivity contribution in [2.24, 2.45) is 0 Å². The van der Waals surface area contributed by atoms with E-state index in [0.717, 1.165) is 18.8 Å². The van der Waals surface area contributed by atoms with Crippen molar-refractivity contribution in [2.45, 2.75) is 12.8 Å². The molecule has 0 bridgehead atoms. The molecule has 1 aromatic carbocycles. The zero-order valence-electron chi connectivity index (χ0n) is 8.04. The standard InChI is InChI=1S/C9H10O.K.H3O4P.H/c1-2-6-9-8(4-1)5-3-7-10-9;;1-5(2,3)4;/h1-2,4,6H,3,5,7H2;;(H3,1,2,3,4);. The topological polar surface area (TPSA) is 87.0 Å². The summed E-state index contributed by atoms with van der Waals surface area (Å²) in [6, 6.07) is 8.25. The molecule has 0 saturated carbocycles. The van der Waals surface area contributed by atoms with Crippen LogP contribution in [0.2, 0.25) is 0 Å². The number of fused-ring (bicyclic) bond motifs is 1. The molecule has 1 aromatic rings. The fraction of sp³-hybridized carbons (Fsp3) is 0.333. The van der Waals surface area contributed by atoms with Crippen LogP contribution < -0.4 is 4.74 Å². The molecule has 0 spiro atoms. The second kappa shape index (κ2) is 7.97. The molecule has 0 radical (unpaired) electrons. The van der Waals surface area contributed by atoms with E-state index in [2.05, 4.69) is 12.1 Å². The molecular weight excluding hydrogens is 258 g/mol. The third-order valence-corrected chi connectivity index (χ3v) is 1.82. The first-order valence-corrected chi connectivity index (χ1v) is 6.02. The summed E-state index contributed by atoms with van der Waals surface area (Å²) < 4.78 is 14.3. The molecule has 1 aliphatic rings. The van der Waals surface area contributed by atoms with E-state index < -0.39 is 7.82 Å². The van der Waals surface area contributed by atoms with Gasteiger partial charge in [-0.25, -0.2) is 4.57 Å². The minimum Gasteiger partial charge on any atom is -0.493 e. The summed E-state index contributed by atoms with van der Waals surface area (Å²) in [6.07, 6.45) is 2.34. The van der Waals surface area contributed by atoms with Crippen molar-refractivity contribution in [3.63, 3.8) is 0 Å². The molecule has 0 atom stereocenters. The van der Waals surface area contributed by atoms with Gasteiger partial charge in [0, 0.05) is 0 Å². The first-order valence-electron chi connectivity index (χ1n) is 4.46. The Morgan fingerprint density at radius 2 is 1.75 bits per heavy atom. The van der Waals surface area contributed by atoms with Crippen molar-refractivity contribution in [2.75, 3.05) is 6.61 Å². The van der Waals surface area contributed by atoms with Gasteiger partial charge in [-0.2, -0.15) is 0 Å². The molecule has 2 rings (SSSR count). The third kappa shape index (κ3) is 7.95. The number of para-hydroxylation sites is 1. The summed E-state index contributed by atoms with van der Waals surface area (Å²) in [5, 5.41) is 0. The Bertz CT molecular complexity index is 331. The quantitative estimate of drug-likeness (QED) is 0.471. The number of hydrogen-bond acceptors (Lipinski definition) is 2. The Kier molecular flexibility index (Phi) is 8.35. The number of rotatable bonds is 0. The van der Waals surface area contributed by atoms with E-state index in [1.54, 1.807) is 0 Å². The average molecular weight is 272 g/mol. The van der Waals surface area contributed by atoms with Gasteiger partial charge in [0.1, 0.15) is 5.75 Å². The van der Waals surface area contributed by atoms with Gasteiger partial charge in [0.15, 0.2) is 0 Å². The summed E-state index contributed by atoms with van der Waals surface area (Å²) in [6.45, 7) is 0.886. The fourth-order valence-electron chi connectivity index (χ4n) is 1.30. The van der Waals surface area contributed by atoms with Gasteiger partial charge in [0.05, 0.1) is 6.61 Å². The van der Waals surface area contributed by atoms with Crippen LogP contribution in [-0.4, -0.2) is 72.7 Å². The Hall–Kier alpha value is 0.766. The molecule has 0 unspecified atom stereocenters. The molecule has 0 fully saturated rings. The van der Waals surface area contributed by atoms with Crippen molar-refractivity contribution in [1.82, 2.24) is 0 Å². The maximum absolute atomic E-state index is 8.88. The predicted octanol–water partition coefficient (Wildman–Crippen LogP) is 0.434.